The number of piperidine rings is 1. The molecular formula is C29H38N6O2S. The maximum absolute atomic E-state index is 13.1. The number of nitrogens with one attached hydrogen (secondary N) is 2. The monoisotopic (exact) mass is 534 g/mol. The number of thiazole rings is 1. The first kappa shape index (κ1) is 27.7. The smallest absolute Gasteiger partial charge is 0.270 e. The SMILES string of the molecule is CCCn1cc(C2CCN(CC)CC2)c2cc(N/C=c3\s/c(=C(\C#N)C(=O)NCC)n(CC)c3=O)ccc21. The summed E-state index contributed by atoms with van der Waals surface area (Å²) in [5, 5.41) is 16.9. The lowest BCUT2D eigenvalue weighted by Crippen LogP contribution is -2.34. The molecule has 0 aliphatic carbocycles. The number of anilines is 1. The summed E-state index contributed by atoms with van der Waals surface area (Å²) >= 11 is 1.16. The van der Waals surface area contributed by atoms with Gasteiger partial charge in [-0.2, -0.15) is 5.26 Å². The van der Waals surface area contributed by atoms with Gasteiger partial charge in [-0.15, -0.1) is 11.3 Å². The Bertz CT molecular complexity index is 1520. The van der Waals surface area contributed by atoms with Gasteiger partial charge >= 0.3 is 0 Å². The van der Waals surface area contributed by atoms with E-state index in [9.17, 15) is 14.9 Å². The van der Waals surface area contributed by atoms with E-state index in [1.807, 2.05) is 19.1 Å². The molecule has 1 fully saturated rings. The van der Waals surface area contributed by atoms with Crippen LogP contribution in [-0.4, -0.2) is 46.1 Å². The molecule has 1 amide bonds. The van der Waals surface area contributed by atoms with Crippen molar-refractivity contribution in [3.63, 3.8) is 0 Å². The number of hydrogen-bond donors (Lipinski definition) is 2. The second-order valence-corrected chi connectivity index (χ2v) is 10.7. The first-order valence-corrected chi connectivity index (χ1v) is 14.5. The van der Waals surface area contributed by atoms with Gasteiger partial charge in [-0.05, 0) is 82.4 Å². The number of aryl methyl sites for hydroxylation is 1. The molecule has 1 aliphatic heterocycles. The van der Waals surface area contributed by atoms with Crippen molar-refractivity contribution >= 4 is 45.6 Å². The van der Waals surface area contributed by atoms with Crippen LogP contribution in [0.2, 0.25) is 0 Å². The normalized spacial score (nSPS) is 16.0. The van der Waals surface area contributed by atoms with E-state index in [4.69, 9.17) is 0 Å². The predicted molar refractivity (Wildman–Crippen MR) is 156 cm³/mol. The summed E-state index contributed by atoms with van der Waals surface area (Å²) in [6.07, 6.45) is 7.45. The van der Waals surface area contributed by atoms with E-state index in [1.54, 1.807) is 13.1 Å². The van der Waals surface area contributed by atoms with Gasteiger partial charge in [0.15, 0.2) is 5.57 Å². The summed E-state index contributed by atoms with van der Waals surface area (Å²) in [6, 6.07) is 8.38. The van der Waals surface area contributed by atoms with E-state index in [-0.39, 0.29) is 11.1 Å². The number of rotatable bonds is 9. The van der Waals surface area contributed by atoms with Crippen LogP contribution in [0.1, 0.15) is 58.4 Å². The Balaban J connectivity index is 1.72. The fraction of sp³-hybridized carbons (Fsp3) is 0.483. The highest BCUT2D eigenvalue weighted by Gasteiger charge is 2.23. The van der Waals surface area contributed by atoms with Gasteiger partial charge < -0.3 is 20.1 Å². The van der Waals surface area contributed by atoms with Crippen LogP contribution in [-0.2, 0) is 17.9 Å². The molecule has 1 aliphatic rings. The lowest BCUT2D eigenvalue weighted by Gasteiger charge is -2.31. The highest BCUT2D eigenvalue weighted by molar-refractivity contribution is 7.07. The average molecular weight is 535 g/mol. The molecule has 8 nitrogen and oxygen atoms in total. The number of hydrogen-bond acceptors (Lipinski definition) is 6. The number of nitriles is 1. The van der Waals surface area contributed by atoms with Gasteiger partial charge in [0, 0.05) is 48.6 Å². The van der Waals surface area contributed by atoms with Crippen molar-refractivity contribution in [2.75, 3.05) is 31.5 Å². The second-order valence-electron chi connectivity index (χ2n) is 9.67. The topological polar surface area (TPSA) is 95.1 Å². The maximum Gasteiger partial charge on any atom is 0.270 e. The number of likely N-dealkylation sites (tertiary alicyclic amines) is 1. The Morgan fingerprint density at radius 1 is 1.18 bits per heavy atom. The zero-order valence-corrected chi connectivity index (χ0v) is 23.7. The number of fused-ring (bicyclic) bond motifs is 1. The van der Waals surface area contributed by atoms with Crippen molar-refractivity contribution in [2.45, 2.75) is 66.0 Å². The number of amides is 1. The van der Waals surface area contributed by atoms with Crippen LogP contribution in [0, 0.1) is 11.3 Å². The zero-order valence-electron chi connectivity index (χ0n) is 22.8. The van der Waals surface area contributed by atoms with Gasteiger partial charge in [0.2, 0.25) is 0 Å². The Morgan fingerprint density at radius 2 is 1.95 bits per heavy atom. The maximum atomic E-state index is 13.1. The Kier molecular flexibility index (Phi) is 9.08. The third kappa shape index (κ3) is 5.57. The third-order valence-corrected chi connectivity index (χ3v) is 8.47. The largest absolute Gasteiger partial charge is 0.360 e. The molecular weight excluding hydrogens is 496 g/mol. The molecule has 0 unspecified atom stereocenters. The number of nitrogens with zero attached hydrogens (tertiary/aromatic N) is 4. The summed E-state index contributed by atoms with van der Waals surface area (Å²) in [5.74, 6) is 0.0840. The lowest BCUT2D eigenvalue weighted by atomic mass is 9.89. The number of benzene rings is 1. The van der Waals surface area contributed by atoms with Gasteiger partial charge in [0.1, 0.15) is 15.3 Å². The minimum atomic E-state index is -0.461. The van der Waals surface area contributed by atoms with E-state index in [0.29, 0.717) is 28.2 Å². The van der Waals surface area contributed by atoms with Crippen LogP contribution in [0.3, 0.4) is 0 Å². The van der Waals surface area contributed by atoms with Crippen LogP contribution >= 0.6 is 11.3 Å². The van der Waals surface area contributed by atoms with E-state index in [2.05, 4.69) is 52.3 Å². The molecule has 2 aromatic heterocycles. The van der Waals surface area contributed by atoms with Gasteiger partial charge in [0.25, 0.3) is 11.5 Å². The molecule has 1 saturated heterocycles. The molecule has 202 valence electrons. The van der Waals surface area contributed by atoms with Gasteiger partial charge in [-0.1, -0.05) is 13.8 Å². The summed E-state index contributed by atoms with van der Waals surface area (Å²) in [4.78, 5) is 28.0. The Morgan fingerprint density at radius 3 is 2.58 bits per heavy atom. The van der Waals surface area contributed by atoms with Crippen molar-refractivity contribution in [3.05, 3.63) is 49.5 Å². The predicted octanol–water partition coefficient (Wildman–Crippen LogP) is 3.15. The van der Waals surface area contributed by atoms with Crippen molar-refractivity contribution in [3.8, 4) is 6.07 Å². The fourth-order valence-corrected chi connectivity index (χ4v) is 6.40. The first-order valence-electron chi connectivity index (χ1n) is 13.7. The molecule has 38 heavy (non-hydrogen) atoms. The highest BCUT2D eigenvalue weighted by atomic mass is 32.1. The molecule has 0 atom stereocenters. The van der Waals surface area contributed by atoms with Crippen LogP contribution < -0.4 is 25.4 Å². The van der Waals surface area contributed by atoms with Gasteiger partial charge in [0.05, 0.1) is 0 Å². The average Bonchev–Trinajstić information content (AvgIpc) is 3.45. The number of aromatic nitrogens is 2. The molecule has 4 rings (SSSR count). The molecule has 0 saturated carbocycles. The highest BCUT2D eigenvalue weighted by Crippen LogP contribution is 2.35. The van der Waals surface area contributed by atoms with Crippen LogP contribution in [0.5, 0.6) is 0 Å². The summed E-state index contributed by atoms with van der Waals surface area (Å²) in [7, 11) is 0. The van der Waals surface area contributed by atoms with E-state index in [0.717, 1.165) is 49.6 Å². The van der Waals surface area contributed by atoms with Gasteiger partial charge in [-0.25, -0.2) is 0 Å². The van der Waals surface area contributed by atoms with Crippen LogP contribution in [0.15, 0.2) is 29.2 Å². The van der Waals surface area contributed by atoms with Crippen molar-refractivity contribution in [1.82, 2.24) is 19.4 Å². The second kappa shape index (κ2) is 12.5. The Labute approximate surface area is 227 Å². The molecule has 1 aromatic carbocycles. The molecule has 9 heteroatoms. The van der Waals surface area contributed by atoms with Crippen LogP contribution in [0.25, 0.3) is 22.7 Å². The van der Waals surface area contributed by atoms with E-state index < -0.39 is 5.91 Å². The molecule has 0 bridgehead atoms. The first-order chi connectivity index (χ1) is 18.4. The number of carbonyl (C=O) groups excluding carboxylic acids is 1. The minimum Gasteiger partial charge on any atom is -0.360 e. The summed E-state index contributed by atoms with van der Waals surface area (Å²) in [5.41, 5.74) is 3.31. The fourth-order valence-electron chi connectivity index (χ4n) is 5.31. The standard InChI is InChI=1S/C29H38N6O2S/c1-5-13-34-19-24(20-11-14-33(7-3)15-12-20)22-16-21(9-10-25(22)34)32-18-26-28(37)35(8-4)29(38-26)23(17-30)27(36)31-6-2/h9-10,16,18-20,32H,5-8,11-15H2,1-4H3,(H,31,36)/b26-18-,29-23+. The van der Waals surface area contributed by atoms with E-state index >= 15 is 0 Å². The van der Waals surface area contributed by atoms with Crippen LogP contribution in [0.4, 0.5) is 5.69 Å². The quantitative estimate of drug-likeness (QED) is 0.440. The van der Waals surface area contributed by atoms with Crippen molar-refractivity contribution in [2.24, 2.45) is 0 Å². The molecule has 3 aromatic rings. The summed E-state index contributed by atoms with van der Waals surface area (Å²) in [6.45, 7) is 13.2. The molecule has 2 N–H and O–H groups in total. The summed E-state index contributed by atoms with van der Waals surface area (Å²) < 4.78 is 4.69. The minimum absolute atomic E-state index is 0.0344. The molecule has 3 heterocycles. The zero-order chi connectivity index (χ0) is 27.2. The Hall–Kier alpha value is -3.35. The third-order valence-electron chi connectivity index (χ3n) is 7.33. The van der Waals surface area contributed by atoms with E-state index in [1.165, 1.54) is 33.9 Å². The van der Waals surface area contributed by atoms with Crippen molar-refractivity contribution in [1.29, 1.82) is 5.26 Å². The molecule has 0 spiro atoms. The molecule has 0 radical (unpaired) electrons. The van der Waals surface area contributed by atoms with Gasteiger partial charge in [-0.3, -0.25) is 14.2 Å². The number of carbonyl (C=O) groups is 1. The van der Waals surface area contributed by atoms with Crippen molar-refractivity contribution < 1.29 is 4.79 Å². The lowest BCUT2D eigenvalue weighted by molar-refractivity contribution is -0.115.